The molecule has 14 heavy (non-hydrogen) atoms. The molecule has 82 valence electrons. The van der Waals surface area contributed by atoms with Crippen LogP contribution in [0.5, 0.6) is 0 Å². The van der Waals surface area contributed by atoms with Crippen LogP contribution in [0.2, 0.25) is 0 Å². The van der Waals surface area contributed by atoms with E-state index in [-0.39, 0.29) is 12.3 Å². The number of nitrogens with two attached hydrogens (primary N) is 1. The largest absolute Gasteiger partial charge is 0.230 e. The van der Waals surface area contributed by atoms with Crippen molar-refractivity contribution in [3.8, 4) is 0 Å². The molecule has 1 heterocycles. The molecule has 0 amide bonds. The smallest absolute Gasteiger partial charge is 0.194 e. The van der Waals surface area contributed by atoms with Crippen molar-refractivity contribution in [3.63, 3.8) is 0 Å². The first-order chi connectivity index (χ1) is 6.56. The predicted molar refractivity (Wildman–Crippen MR) is 52.8 cm³/mol. The minimum absolute atomic E-state index is 0.175. The second kappa shape index (κ2) is 4.70. The highest BCUT2D eigenvalue weighted by Gasteiger charge is 2.30. The summed E-state index contributed by atoms with van der Waals surface area (Å²) in [5.41, 5.74) is 0. The van der Waals surface area contributed by atoms with E-state index in [0.717, 1.165) is 18.0 Å². The summed E-state index contributed by atoms with van der Waals surface area (Å²) in [7, 11) is -3.15. The summed E-state index contributed by atoms with van der Waals surface area (Å²) in [5, 5.41) is 7.37. The molecule has 1 rings (SSSR count). The molecule has 1 atom stereocenters. The van der Waals surface area contributed by atoms with Crippen LogP contribution in [-0.2, 0) is 9.84 Å². The van der Waals surface area contributed by atoms with Crippen molar-refractivity contribution < 1.29 is 8.42 Å². The third-order valence-corrected chi connectivity index (χ3v) is 4.02. The Hall–Kier alpha value is -0.690. The maximum atomic E-state index is 11.6. The molecule has 0 aromatic carbocycles. The van der Waals surface area contributed by atoms with Gasteiger partial charge in [0, 0.05) is 0 Å². The number of unbranched alkanes of at least 4 members (excludes halogenated alkanes) is 2. The van der Waals surface area contributed by atoms with Gasteiger partial charge in [-0.05, 0) is 6.42 Å². The zero-order chi connectivity index (χ0) is 10.6. The van der Waals surface area contributed by atoms with Crippen molar-refractivity contribution in [2.45, 2.75) is 31.6 Å². The quantitative estimate of drug-likeness (QED) is 0.539. The molecule has 2 N–H and O–H groups in total. The second-order valence-electron chi connectivity index (χ2n) is 3.36. The van der Waals surface area contributed by atoms with Crippen LogP contribution in [0, 0.1) is 0 Å². The highest BCUT2D eigenvalue weighted by molar-refractivity contribution is 7.92. The van der Waals surface area contributed by atoms with Gasteiger partial charge >= 0.3 is 0 Å². The van der Waals surface area contributed by atoms with Crippen molar-refractivity contribution in [1.82, 2.24) is 5.12 Å². The van der Waals surface area contributed by atoms with Gasteiger partial charge in [0.25, 0.3) is 0 Å². The van der Waals surface area contributed by atoms with Crippen LogP contribution in [0.3, 0.4) is 0 Å². The van der Waals surface area contributed by atoms with Crippen LogP contribution in [0.4, 0.5) is 0 Å². The Labute approximate surface area is 84.0 Å². The third-order valence-electron chi connectivity index (χ3n) is 2.09. The molecule has 0 aromatic rings. The van der Waals surface area contributed by atoms with Gasteiger partial charge in [0.15, 0.2) is 15.2 Å². The maximum Gasteiger partial charge on any atom is 0.194 e. The topological polar surface area (TPSA) is 88.1 Å². The number of sulfone groups is 1. The number of nitrogens with zero attached hydrogens (tertiary/aromatic N) is 3. The van der Waals surface area contributed by atoms with Crippen LogP contribution in [-0.4, -0.2) is 31.2 Å². The van der Waals surface area contributed by atoms with Gasteiger partial charge in [-0.2, -0.15) is 0 Å². The van der Waals surface area contributed by atoms with E-state index in [1.165, 1.54) is 0 Å². The molecular formula is C7H16N4O2S. The summed E-state index contributed by atoms with van der Waals surface area (Å²) >= 11 is 0. The van der Waals surface area contributed by atoms with E-state index in [1.807, 2.05) is 6.92 Å². The maximum absolute atomic E-state index is 11.6. The average molecular weight is 220 g/mol. The molecule has 0 bridgehead atoms. The lowest BCUT2D eigenvalue weighted by atomic mass is 10.3. The van der Waals surface area contributed by atoms with Crippen LogP contribution >= 0.6 is 0 Å². The summed E-state index contributed by atoms with van der Waals surface area (Å²) in [5.74, 6) is 5.46. The van der Waals surface area contributed by atoms with Gasteiger partial charge in [0.05, 0.1) is 12.3 Å². The SMILES string of the molecule is CCCCCS(=O)(=O)C1CN(N)N=N1. The molecular weight excluding hydrogens is 204 g/mol. The predicted octanol–water partition coefficient (Wildman–Crippen LogP) is 0.474. The highest BCUT2D eigenvalue weighted by atomic mass is 32.2. The lowest BCUT2D eigenvalue weighted by Crippen LogP contribution is -2.32. The van der Waals surface area contributed by atoms with E-state index < -0.39 is 15.2 Å². The number of hydrazine groups is 1. The monoisotopic (exact) mass is 220 g/mol. The second-order valence-corrected chi connectivity index (χ2v) is 5.63. The first-order valence-corrected chi connectivity index (χ1v) is 6.42. The van der Waals surface area contributed by atoms with Crippen LogP contribution in [0.1, 0.15) is 26.2 Å². The van der Waals surface area contributed by atoms with Gasteiger partial charge in [-0.1, -0.05) is 25.0 Å². The molecule has 1 aliphatic heterocycles. The fourth-order valence-electron chi connectivity index (χ4n) is 1.23. The normalized spacial score (nSPS) is 21.9. The molecule has 0 radical (unpaired) electrons. The molecule has 0 saturated heterocycles. The van der Waals surface area contributed by atoms with Gasteiger partial charge < -0.3 is 0 Å². The molecule has 0 aromatic heterocycles. The number of hydrogen-bond donors (Lipinski definition) is 1. The molecule has 1 aliphatic rings. The minimum Gasteiger partial charge on any atom is -0.230 e. The van der Waals surface area contributed by atoms with Crippen molar-refractivity contribution in [2.24, 2.45) is 16.2 Å². The summed E-state index contributed by atoms with van der Waals surface area (Å²) in [4.78, 5) is 0. The van der Waals surface area contributed by atoms with Gasteiger partial charge in [0.1, 0.15) is 0 Å². The van der Waals surface area contributed by atoms with Crippen molar-refractivity contribution in [1.29, 1.82) is 0 Å². The highest BCUT2D eigenvalue weighted by Crippen LogP contribution is 2.14. The van der Waals surface area contributed by atoms with Crippen LogP contribution in [0.25, 0.3) is 0 Å². The Morgan fingerprint density at radius 1 is 1.50 bits per heavy atom. The van der Waals surface area contributed by atoms with E-state index in [9.17, 15) is 8.42 Å². The van der Waals surface area contributed by atoms with Crippen LogP contribution < -0.4 is 5.84 Å². The van der Waals surface area contributed by atoms with Crippen molar-refractivity contribution >= 4 is 9.84 Å². The fourth-order valence-corrected chi connectivity index (χ4v) is 2.68. The standard InChI is InChI=1S/C7H16N4O2S/c1-2-3-4-5-14(12,13)7-6-11(8)10-9-7/h7H,2-6,8H2,1H3. The number of rotatable bonds is 5. The Balaban J connectivity index is 2.46. The molecule has 0 spiro atoms. The van der Waals surface area contributed by atoms with Gasteiger partial charge in [-0.15, -0.1) is 5.11 Å². The zero-order valence-corrected chi connectivity index (χ0v) is 9.07. The fraction of sp³-hybridized carbons (Fsp3) is 1.00. The van der Waals surface area contributed by atoms with Gasteiger partial charge in [-0.25, -0.2) is 19.4 Å². The summed E-state index contributed by atoms with van der Waals surface area (Å²) in [6.07, 6.45) is 2.62. The summed E-state index contributed by atoms with van der Waals surface area (Å²) < 4.78 is 23.2. The Morgan fingerprint density at radius 3 is 2.71 bits per heavy atom. The number of hydrogen-bond acceptors (Lipinski definition) is 6. The lowest BCUT2D eigenvalue weighted by molar-refractivity contribution is 0.329. The first kappa shape index (κ1) is 11.4. The van der Waals surface area contributed by atoms with E-state index in [4.69, 9.17) is 5.84 Å². The summed E-state index contributed by atoms with van der Waals surface area (Å²) in [6.45, 7) is 2.21. The molecule has 0 saturated carbocycles. The summed E-state index contributed by atoms with van der Waals surface area (Å²) in [6, 6.07) is 0. The molecule has 6 nitrogen and oxygen atoms in total. The Morgan fingerprint density at radius 2 is 2.21 bits per heavy atom. The Kier molecular flexibility index (Phi) is 3.82. The lowest BCUT2D eigenvalue weighted by Gasteiger charge is -2.08. The molecule has 1 unspecified atom stereocenters. The van der Waals surface area contributed by atoms with Gasteiger partial charge in [-0.3, -0.25) is 0 Å². The Bertz CT molecular complexity index is 301. The van der Waals surface area contributed by atoms with Crippen LogP contribution in [0.15, 0.2) is 10.3 Å². The van der Waals surface area contributed by atoms with E-state index in [2.05, 4.69) is 10.3 Å². The third kappa shape index (κ3) is 2.91. The van der Waals surface area contributed by atoms with Gasteiger partial charge in [0.2, 0.25) is 0 Å². The average Bonchev–Trinajstić information content (AvgIpc) is 2.53. The van der Waals surface area contributed by atoms with E-state index in [1.54, 1.807) is 0 Å². The van der Waals surface area contributed by atoms with E-state index in [0.29, 0.717) is 6.42 Å². The minimum atomic E-state index is -3.15. The van der Waals surface area contributed by atoms with Crippen molar-refractivity contribution in [3.05, 3.63) is 0 Å². The molecule has 0 aliphatic carbocycles. The van der Waals surface area contributed by atoms with E-state index >= 15 is 0 Å². The first-order valence-electron chi connectivity index (χ1n) is 4.71. The van der Waals surface area contributed by atoms with Crippen molar-refractivity contribution in [2.75, 3.05) is 12.3 Å². The molecule has 0 fully saturated rings. The zero-order valence-electron chi connectivity index (χ0n) is 8.26. The molecule has 7 heteroatoms.